The average Bonchev–Trinajstić information content (AvgIpc) is 2.48. The second kappa shape index (κ2) is 5.87. The highest BCUT2D eigenvalue weighted by atomic mass is 16.5. The molecule has 0 amide bonds. The molecule has 0 aliphatic carbocycles. The number of hydrogen-bond acceptors (Lipinski definition) is 6. The highest BCUT2D eigenvalue weighted by Crippen LogP contribution is 2.30. The molecule has 0 fully saturated rings. The van der Waals surface area contributed by atoms with Crippen LogP contribution in [-0.2, 0) is 0 Å². The number of aromatic nitrogens is 2. The Morgan fingerprint density at radius 2 is 1.95 bits per heavy atom. The van der Waals surface area contributed by atoms with Crippen molar-refractivity contribution < 1.29 is 19.4 Å². The van der Waals surface area contributed by atoms with E-state index in [9.17, 15) is 4.79 Å². The Bertz CT molecular complexity index is 614. The van der Waals surface area contributed by atoms with Crippen LogP contribution in [0, 0.1) is 0 Å². The van der Waals surface area contributed by atoms with Crippen LogP contribution in [0.25, 0.3) is 0 Å². The summed E-state index contributed by atoms with van der Waals surface area (Å²) in [6.45, 7) is 0. The number of carboxylic acid groups (broad SMARTS) is 1. The number of carboxylic acids is 1. The summed E-state index contributed by atoms with van der Waals surface area (Å²) in [5, 5.41) is 19.1. The molecule has 7 heteroatoms. The van der Waals surface area contributed by atoms with Gasteiger partial charge < -0.3 is 19.9 Å². The molecule has 1 aromatic carbocycles. The van der Waals surface area contributed by atoms with Crippen molar-refractivity contribution in [1.82, 2.24) is 10.2 Å². The Kier molecular flexibility index (Phi) is 3.99. The van der Waals surface area contributed by atoms with Gasteiger partial charge in [-0.15, -0.1) is 10.2 Å². The number of benzene rings is 1. The van der Waals surface area contributed by atoms with Gasteiger partial charge in [-0.25, -0.2) is 4.79 Å². The molecule has 0 saturated carbocycles. The Hall–Kier alpha value is -2.83. The van der Waals surface area contributed by atoms with E-state index in [2.05, 4.69) is 15.5 Å². The van der Waals surface area contributed by atoms with Crippen LogP contribution in [0.15, 0.2) is 30.3 Å². The van der Waals surface area contributed by atoms with Crippen molar-refractivity contribution in [3.63, 3.8) is 0 Å². The fourth-order valence-electron chi connectivity index (χ4n) is 1.55. The molecule has 2 N–H and O–H groups in total. The zero-order valence-corrected chi connectivity index (χ0v) is 11.0. The predicted molar refractivity (Wildman–Crippen MR) is 71.8 cm³/mol. The maximum absolute atomic E-state index is 10.7. The molecule has 2 rings (SSSR count). The van der Waals surface area contributed by atoms with Crippen LogP contribution in [0.3, 0.4) is 0 Å². The van der Waals surface area contributed by atoms with E-state index >= 15 is 0 Å². The van der Waals surface area contributed by atoms with E-state index in [1.165, 1.54) is 12.1 Å². The van der Waals surface area contributed by atoms with E-state index in [1.54, 1.807) is 32.4 Å². The average molecular weight is 275 g/mol. The summed E-state index contributed by atoms with van der Waals surface area (Å²) in [4.78, 5) is 10.7. The Labute approximate surface area is 115 Å². The van der Waals surface area contributed by atoms with E-state index in [0.29, 0.717) is 23.0 Å². The first-order chi connectivity index (χ1) is 9.63. The van der Waals surface area contributed by atoms with Gasteiger partial charge in [-0.3, -0.25) is 0 Å². The minimum Gasteiger partial charge on any atom is -0.497 e. The summed E-state index contributed by atoms with van der Waals surface area (Å²) in [7, 11) is 3.11. The molecule has 0 radical (unpaired) electrons. The minimum absolute atomic E-state index is 0.114. The van der Waals surface area contributed by atoms with E-state index in [4.69, 9.17) is 14.6 Å². The number of hydrogen-bond donors (Lipinski definition) is 2. The van der Waals surface area contributed by atoms with Crippen molar-refractivity contribution in [2.45, 2.75) is 0 Å². The molecule has 104 valence electrons. The van der Waals surface area contributed by atoms with Crippen molar-refractivity contribution in [2.24, 2.45) is 0 Å². The van der Waals surface area contributed by atoms with Crippen LogP contribution in [0.5, 0.6) is 11.5 Å². The third-order valence-corrected chi connectivity index (χ3v) is 2.56. The maximum Gasteiger partial charge on any atom is 0.356 e. The number of methoxy groups -OCH3 is 2. The summed E-state index contributed by atoms with van der Waals surface area (Å²) < 4.78 is 10.3. The molecule has 1 heterocycles. The Morgan fingerprint density at radius 3 is 2.50 bits per heavy atom. The molecule has 0 spiro atoms. The minimum atomic E-state index is -1.12. The summed E-state index contributed by atoms with van der Waals surface area (Å²) in [6, 6.07) is 8.16. The molecular weight excluding hydrogens is 262 g/mol. The van der Waals surface area contributed by atoms with E-state index in [1.807, 2.05) is 0 Å². The van der Waals surface area contributed by atoms with Crippen molar-refractivity contribution >= 4 is 17.5 Å². The summed E-state index contributed by atoms with van der Waals surface area (Å²) in [6.07, 6.45) is 0. The molecule has 20 heavy (non-hydrogen) atoms. The van der Waals surface area contributed by atoms with E-state index < -0.39 is 5.97 Å². The monoisotopic (exact) mass is 275 g/mol. The highest BCUT2D eigenvalue weighted by molar-refractivity contribution is 5.85. The Morgan fingerprint density at radius 1 is 1.15 bits per heavy atom. The first-order valence-electron chi connectivity index (χ1n) is 5.70. The first-order valence-corrected chi connectivity index (χ1v) is 5.70. The fourth-order valence-corrected chi connectivity index (χ4v) is 1.55. The third kappa shape index (κ3) is 2.94. The highest BCUT2D eigenvalue weighted by Gasteiger charge is 2.08. The van der Waals surface area contributed by atoms with Gasteiger partial charge in [0, 0.05) is 6.07 Å². The lowest BCUT2D eigenvalue weighted by Crippen LogP contribution is -2.04. The molecule has 0 saturated heterocycles. The number of aromatic carboxylic acids is 1. The molecule has 0 aliphatic heterocycles. The molecule has 0 unspecified atom stereocenters. The van der Waals surface area contributed by atoms with Crippen molar-refractivity contribution in [3.8, 4) is 11.5 Å². The number of carbonyl (C=O) groups is 1. The molecule has 0 aliphatic rings. The van der Waals surface area contributed by atoms with E-state index in [0.717, 1.165) is 0 Å². The van der Waals surface area contributed by atoms with Crippen LogP contribution in [0.2, 0.25) is 0 Å². The summed E-state index contributed by atoms with van der Waals surface area (Å²) in [5.41, 5.74) is 0.558. The van der Waals surface area contributed by atoms with Crippen LogP contribution >= 0.6 is 0 Å². The standard InChI is InChI=1S/C13H13N3O4/c1-19-8-3-4-9(11(7-8)20-2)14-12-6-5-10(13(17)18)15-16-12/h3-7H,1-2H3,(H,14,16)(H,17,18). The van der Waals surface area contributed by atoms with Crippen LogP contribution in [0.4, 0.5) is 11.5 Å². The first kappa shape index (κ1) is 13.6. The fraction of sp³-hybridized carbons (Fsp3) is 0.154. The summed E-state index contributed by atoms with van der Waals surface area (Å²) in [5.74, 6) is 0.540. The smallest absolute Gasteiger partial charge is 0.356 e. The second-order valence-corrected chi connectivity index (χ2v) is 3.80. The van der Waals surface area contributed by atoms with Crippen molar-refractivity contribution in [1.29, 1.82) is 0 Å². The van der Waals surface area contributed by atoms with Gasteiger partial charge in [0.1, 0.15) is 11.5 Å². The van der Waals surface area contributed by atoms with Gasteiger partial charge in [0.15, 0.2) is 11.5 Å². The molecule has 1 aromatic heterocycles. The van der Waals surface area contributed by atoms with Gasteiger partial charge in [0.2, 0.25) is 0 Å². The van der Waals surface area contributed by atoms with Crippen molar-refractivity contribution in [2.75, 3.05) is 19.5 Å². The van der Waals surface area contributed by atoms with Gasteiger partial charge in [0.05, 0.1) is 19.9 Å². The second-order valence-electron chi connectivity index (χ2n) is 3.80. The molecule has 2 aromatic rings. The quantitative estimate of drug-likeness (QED) is 0.861. The molecule has 0 atom stereocenters. The zero-order valence-electron chi connectivity index (χ0n) is 11.0. The number of rotatable bonds is 5. The van der Waals surface area contributed by atoms with Gasteiger partial charge in [0.25, 0.3) is 0 Å². The molecule has 0 bridgehead atoms. The van der Waals surface area contributed by atoms with Gasteiger partial charge in [-0.05, 0) is 24.3 Å². The van der Waals surface area contributed by atoms with Gasteiger partial charge >= 0.3 is 5.97 Å². The SMILES string of the molecule is COc1ccc(Nc2ccc(C(=O)O)nn2)c(OC)c1. The topological polar surface area (TPSA) is 93.6 Å². The van der Waals surface area contributed by atoms with Crippen LogP contribution in [-0.4, -0.2) is 35.5 Å². The largest absolute Gasteiger partial charge is 0.497 e. The Balaban J connectivity index is 2.23. The van der Waals surface area contributed by atoms with Crippen molar-refractivity contribution in [3.05, 3.63) is 36.0 Å². The molecule has 7 nitrogen and oxygen atoms in total. The lowest BCUT2D eigenvalue weighted by Gasteiger charge is -2.11. The predicted octanol–water partition coefficient (Wildman–Crippen LogP) is 1.94. The zero-order chi connectivity index (χ0) is 14.5. The van der Waals surface area contributed by atoms with Gasteiger partial charge in [-0.2, -0.15) is 0 Å². The van der Waals surface area contributed by atoms with Gasteiger partial charge in [-0.1, -0.05) is 0 Å². The normalized spacial score (nSPS) is 9.90. The summed E-state index contributed by atoms with van der Waals surface area (Å²) >= 11 is 0. The molecular formula is C13H13N3O4. The lowest BCUT2D eigenvalue weighted by atomic mass is 10.2. The number of ether oxygens (including phenoxy) is 2. The number of anilines is 2. The number of nitrogens with one attached hydrogen (secondary N) is 1. The van der Waals surface area contributed by atoms with Crippen LogP contribution < -0.4 is 14.8 Å². The lowest BCUT2D eigenvalue weighted by molar-refractivity contribution is 0.0689. The number of nitrogens with zero attached hydrogens (tertiary/aromatic N) is 2. The maximum atomic E-state index is 10.7. The van der Waals surface area contributed by atoms with E-state index in [-0.39, 0.29) is 5.69 Å². The third-order valence-electron chi connectivity index (χ3n) is 2.56. The van der Waals surface area contributed by atoms with Crippen LogP contribution in [0.1, 0.15) is 10.5 Å².